The summed E-state index contributed by atoms with van der Waals surface area (Å²) in [5, 5.41) is 5.43. The maximum absolute atomic E-state index is 12.3. The van der Waals surface area contributed by atoms with Crippen LogP contribution in [0, 0.1) is 5.92 Å². The lowest BCUT2D eigenvalue weighted by molar-refractivity contribution is -0.118. The number of nitrogen functional groups attached to an aromatic ring is 1. The van der Waals surface area contributed by atoms with Crippen LogP contribution in [0.2, 0.25) is 0 Å². The highest BCUT2D eigenvalue weighted by molar-refractivity contribution is 5.96. The van der Waals surface area contributed by atoms with Crippen LogP contribution < -0.4 is 21.3 Å². The van der Waals surface area contributed by atoms with Gasteiger partial charge in [-0.3, -0.25) is 10.1 Å². The van der Waals surface area contributed by atoms with E-state index in [-0.39, 0.29) is 36.9 Å². The Hall–Kier alpha value is -1.95. The van der Waals surface area contributed by atoms with E-state index in [4.69, 9.17) is 5.73 Å². The Kier molecular flexibility index (Phi) is 7.14. The Bertz CT molecular complexity index is 652. The summed E-state index contributed by atoms with van der Waals surface area (Å²) in [7, 11) is 0. The zero-order chi connectivity index (χ0) is 17.8. The average Bonchev–Trinajstić information content (AvgIpc) is 2.58. The number of nitrogens with two attached hydrogens (primary N) is 1. The minimum atomic E-state index is -0.381. The van der Waals surface area contributed by atoms with E-state index < -0.39 is 0 Å². The molecule has 4 N–H and O–H groups in total. The van der Waals surface area contributed by atoms with Gasteiger partial charge in [-0.1, -0.05) is 25.8 Å². The van der Waals surface area contributed by atoms with Gasteiger partial charge in [0.1, 0.15) is 0 Å². The third kappa shape index (κ3) is 4.81. The van der Waals surface area contributed by atoms with Gasteiger partial charge in [0.25, 0.3) is 0 Å². The maximum atomic E-state index is 12.3. The molecule has 2 unspecified atom stereocenters. The lowest BCUT2D eigenvalue weighted by Gasteiger charge is -2.32. The Morgan fingerprint density at radius 2 is 2.00 bits per heavy atom. The molecule has 0 spiro atoms. The molecule has 0 radical (unpaired) electrons. The summed E-state index contributed by atoms with van der Waals surface area (Å²) in [4.78, 5) is 26.4. The molecule has 26 heavy (non-hydrogen) atoms. The third-order valence-electron chi connectivity index (χ3n) is 5.40. The van der Waals surface area contributed by atoms with Gasteiger partial charge in [0.15, 0.2) is 0 Å². The standard InChI is InChI=1S/C19H28N4O2.ClH/c1-13-6-2-3-9-16(13)21-19(25)22-18(24)12-23-11-5-7-14-15(20)8-4-10-17(14)23;/h4,8,10,13,16H,2-3,5-7,9,11-12,20H2,1H3,(H2,21,22,24,25);1H. The number of rotatable bonds is 3. The van der Waals surface area contributed by atoms with Gasteiger partial charge in [0.05, 0.1) is 6.54 Å². The molecular formula is C19H29ClN4O2. The fraction of sp³-hybridized carbons (Fsp3) is 0.579. The smallest absolute Gasteiger partial charge is 0.321 e. The van der Waals surface area contributed by atoms with Crippen LogP contribution in [-0.4, -0.2) is 31.1 Å². The third-order valence-corrected chi connectivity index (χ3v) is 5.40. The molecule has 1 aromatic rings. The van der Waals surface area contributed by atoms with Gasteiger partial charge in [-0.2, -0.15) is 0 Å². The highest BCUT2D eigenvalue weighted by Gasteiger charge is 2.25. The van der Waals surface area contributed by atoms with Crippen molar-refractivity contribution in [2.45, 2.75) is 51.5 Å². The number of nitrogens with one attached hydrogen (secondary N) is 2. The summed E-state index contributed by atoms with van der Waals surface area (Å²) < 4.78 is 0. The van der Waals surface area contributed by atoms with Crippen LogP contribution in [0.5, 0.6) is 0 Å². The van der Waals surface area contributed by atoms with Crippen molar-refractivity contribution in [1.29, 1.82) is 0 Å². The largest absolute Gasteiger partial charge is 0.398 e. The van der Waals surface area contributed by atoms with Gasteiger partial charge in [-0.15, -0.1) is 12.4 Å². The Morgan fingerprint density at radius 3 is 2.77 bits per heavy atom. The zero-order valence-corrected chi connectivity index (χ0v) is 16.1. The highest BCUT2D eigenvalue weighted by atomic mass is 35.5. The van der Waals surface area contributed by atoms with Gasteiger partial charge in [-0.05, 0) is 49.3 Å². The van der Waals surface area contributed by atoms with Gasteiger partial charge in [-0.25, -0.2) is 4.79 Å². The zero-order valence-electron chi connectivity index (χ0n) is 15.3. The summed E-state index contributed by atoms with van der Waals surface area (Å²) in [5.74, 6) is 0.183. The van der Waals surface area contributed by atoms with Crippen LogP contribution in [0.25, 0.3) is 0 Å². The highest BCUT2D eigenvalue weighted by Crippen LogP contribution is 2.30. The first kappa shape index (κ1) is 20.4. The van der Waals surface area contributed by atoms with Crippen LogP contribution in [0.15, 0.2) is 18.2 Å². The summed E-state index contributed by atoms with van der Waals surface area (Å²) in [6.45, 7) is 3.12. The second-order valence-electron chi connectivity index (χ2n) is 7.26. The fourth-order valence-electron chi connectivity index (χ4n) is 3.97. The minimum Gasteiger partial charge on any atom is -0.398 e. The first-order valence-corrected chi connectivity index (χ1v) is 9.27. The number of fused-ring (bicyclic) bond motifs is 1. The summed E-state index contributed by atoms with van der Waals surface area (Å²) >= 11 is 0. The second-order valence-corrected chi connectivity index (χ2v) is 7.26. The molecule has 144 valence electrons. The molecule has 2 aliphatic rings. The molecule has 1 aliphatic heterocycles. The molecule has 1 fully saturated rings. The number of carbonyl (C=O) groups is 2. The molecule has 1 aromatic carbocycles. The van der Waals surface area contributed by atoms with Crippen molar-refractivity contribution in [2.24, 2.45) is 5.92 Å². The predicted molar refractivity (Wildman–Crippen MR) is 107 cm³/mol. The molecule has 1 aliphatic carbocycles. The van der Waals surface area contributed by atoms with Crippen molar-refractivity contribution >= 4 is 35.7 Å². The summed E-state index contributed by atoms with van der Waals surface area (Å²) in [6.07, 6.45) is 6.36. The molecule has 0 aromatic heterocycles. The second kappa shape index (κ2) is 9.12. The lowest BCUT2D eigenvalue weighted by atomic mass is 9.86. The van der Waals surface area contributed by atoms with Crippen LogP contribution in [0.3, 0.4) is 0 Å². The van der Waals surface area contributed by atoms with E-state index in [0.717, 1.165) is 55.6 Å². The minimum absolute atomic E-state index is 0. The normalized spacial score (nSPS) is 22.0. The number of hydrogen-bond donors (Lipinski definition) is 3. The molecule has 0 bridgehead atoms. The van der Waals surface area contributed by atoms with Crippen molar-refractivity contribution in [3.8, 4) is 0 Å². The van der Waals surface area contributed by atoms with Crippen molar-refractivity contribution in [1.82, 2.24) is 10.6 Å². The van der Waals surface area contributed by atoms with Crippen LogP contribution in [0.1, 0.15) is 44.6 Å². The number of anilines is 2. The van der Waals surface area contributed by atoms with Gasteiger partial charge in [0.2, 0.25) is 5.91 Å². The van der Waals surface area contributed by atoms with Crippen LogP contribution in [0.4, 0.5) is 16.2 Å². The summed E-state index contributed by atoms with van der Waals surface area (Å²) in [6, 6.07) is 5.57. The first-order chi connectivity index (χ1) is 12.0. The first-order valence-electron chi connectivity index (χ1n) is 9.27. The topological polar surface area (TPSA) is 87.5 Å². The number of hydrogen-bond acceptors (Lipinski definition) is 4. The lowest BCUT2D eigenvalue weighted by Crippen LogP contribution is -2.50. The fourth-order valence-corrected chi connectivity index (χ4v) is 3.97. The van der Waals surface area contributed by atoms with Gasteiger partial charge >= 0.3 is 6.03 Å². The summed E-state index contributed by atoms with van der Waals surface area (Å²) in [5.41, 5.74) is 8.91. The maximum Gasteiger partial charge on any atom is 0.321 e. The number of carbonyl (C=O) groups excluding carboxylic acids is 2. The van der Waals surface area contributed by atoms with Crippen molar-refractivity contribution < 1.29 is 9.59 Å². The Morgan fingerprint density at radius 1 is 1.23 bits per heavy atom. The van der Waals surface area contributed by atoms with Gasteiger partial charge < -0.3 is 16.0 Å². The number of amides is 3. The van der Waals surface area contributed by atoms with E-state index in [1.54, 1.807) is 0 Å². The van der Waals surface area contributed by atoms with E-state index in [0.29, 0.717) is 5.92 Å². The van der Waals surface area contributed by atoms with E-state index in [1.807, 2.05) is 23.1 Å². The Balaban J connectivity index is 0.00000243. The van der Waals surface area contributed by atoms with E-state index >= 15 is 0 Å². The van der Waals surface area contributed by atoms with E-state index in [2.05, 4.69) is 17.6 Å². The molecule has 2 atom stereocenters. The molecule has 7 heteroatoms. The number of nitrogens with zero attached hydrogens (tertiary/aromatic N) is 1. The van der Waals surface area contributed by atoms with Crippen molar-refractivity contribution in [3.05, 3.63) is 23.8 Å². The SMILES string of the molecule is CC1CCCCC1NC(=O)NC(=O)CN1CCCc2c(N)cccc21.Cl. The van der Waals surface area contributed by atoms with E-state index in [9.17, 15) is 9.59 Å². The van der Waals surface area contributed by atoms with Gasteiger partial charge in [0, 0.05) is 24.0 Å². The van der Waals surface area contributed by atoms with E-state index in [1.165, 1.54) is 6.42 Å². The number of benzene rings is 1. The van der Waals surface area contributed by atoms with Crippen LogP contribution in [-0.2, 0) is 11.2 Å². The van der Waals surface area contributed by atoms with Crippen molar-refractivity contribution in [3.63, 3.8) is 0 Å². The number of halogens is 1. The monoisotopic (exact) mass is 380 g/mol. The molecule has 3 rings (SSSR count). The molecular weight excluding hydrogens is 352 g/mol. The number of imide groups is 1. The predicted octanol–water partition coefficient (Wildman–Crippen LogP) is 2.85. The number of urea groups is 1. The molecule has 1 heterocycles. The van der Waals surface area contributed by atoms with Crippen LogP contribution >= 0.6 is 12.4 Å². The molecule has 0 saturated heterocycles. The average molecular weight is 381 g/mol. The van der Waals surface area contributed by atoms with Crippen molar-refractivity contribution in [2.75, 3.05) is 23.7 Å². The molecule has 6 nitrogen and oxygen atoms in total. The molecule has 3 amide bonds. The Labute approximate surface area is 161 Å². The molecule has 1 saturated carbocycles. The quantitative estimate of drug-likeness (QED) is 0.703.